The topological polar surface area (TPSA) is 40.6 Å². The zero-order valence-corrected chi connectivity index (χ0v) is 15.0. The Morgan fingerprint density at radius 2 is 1.35 bits per heavy atom. The average Bonchev–Trinajstić information content (AvgIpc) is 2.62. The van der Waals surface area contributed by atoms with E-state index >= 15 is 0 Å². The largest absolute Gasteiger partial charge is 0.339 e. The molecule has 2 aromatic rings. The molecule has 5 heteroatoms. The van der Waals surface area contributed by atoms with Crippen LogP contribution in [-0.2, 0) is 22.4 Å². The van der Waals surface area contributed by atoms with Gasteiger partial charge in [0.25, 0.3) is 0 Å². The number of carbonyl (C=O) groups excluding carboxylic acids is 2. The maximum Gasteiger partial charge on any atom is 0.227 e. The number of nitrogens with zero attached hydrogens (tertiary/aromatic N) is 2. The molecule has 0 atom stereocenters. The molecule has 3 rings (SSSR count). The Labute approximate surface area is 153 Å². The molecule has 0 radical (unpaired) electrons. The van der Waals surface area contributed by atoms with Crippen LogP contribution in [0.4, 0.5) is 4.39 Å². The first kappa shape index (κ1) is 18.1. The van der Waals surface area contributed by atoms with Gasteiger partial charge in [-0.2, -0.15) is 0 Å². The molecule has 0 spiro atoms. The van der Waals surface area contributed by atoms with E-state index in [1.54, 1.807) is 17.0 Å². The van der Waals surface area contributed by atoms with E-state index in [9.17, 15) is 14.0 Å². The zero-order chi connectivity index (χ0) is 18.5. The summed E-state index contributed by atoms with van der Waals surface area (Å²) in [4.78, 5) is 28.4. The van der Waals surface area contributed by atoms with Gasteiger partial charge in [0.15, 0.2) is 0 Å². The molecular weight excluding hydrogens is 331 g/mol. The molecule has 1 aliphatic rings. The Morgan fingerprint density at radius 1 is 0.846 bits per heavy atom. The summed E-state index contributed by atoms with van der Waals surface area (Å²) in [6.45, 7) is 4.14. The second kappa shape index (κ2) is 8.13. The quantitative estimate of drug-likeness (QED) is 0.847. The minimum absolute atomic E-state index is 0.0265. The van der Waals surface area contributed by atoms with E-state index in [-0.39, 0.29) is 24.1 Å². The van der Waals surface area contributed by atoms with E-state index in [1.165, 1.54) is 12.1 Å². The van der Waals surface area contributed by atoms with Crippen molar-refractivity contribution in [3.8, 4) is 0 Å². The van der Waals surface area contributed by atoms with E-state index in [4.69, 9.17) is 0 Å². The lowest BCUT2D eigenvalue weighted by atomic mass is 10.1. The van der Waals surface area contributed by atoms with Crippen LogP contribution in [0.3, 0.4) is 0 Å². The number of benzene rings is 2. The van der Waals surface area contributed by atoms with Crippen LogP contribution in [0.1, 0.15) is 16.7 Å². The third-order valence-electron chi connectivity index (χ3n) is 4.67. The summed E-state index contributed by atoms with van der Waals surface area (Å²) in [7, 11) is 0. The zero-order valence-electron chi connectivity index (χ0n) is 15.0. The van der Waals surface area contributed by atoms with Crippen molar-refractivity contribution >= 4 is 11.8 Å². The first-order chi connectivity index (χ1) is 12.5. The van der Waals surface area contributed by atoms with Gasteiger partial charge in [0.1, 0.15) is 5.82 Å². The molecule has 0 aromatic heterocycles. The van der Waals surface area contributed by atoms with Crippen LogP contribution in [-0.4, -0.2) is 47.8 Å². The Hall–Kier alpha value is -2.69. The number of amides is 2. The maximum atomic E-state index is 13.2. The van der Waals surface area contributed by atoms with Crippen LogP contribution in [0, 0.1) is 12.7 Å². The van der Waals surface area contributed by atoms with E-state index in [0.29, 0.717) is 38.2 Å². The highest BCUT2D eigenvalue weighted by Gasteiger charge is 2.24. The van der Waals surface area contributed by atoms with Gasteiger partial charge < -0.3 is 9.80 Å². The number of hydrogen-bond donors (Lipinski definition) is 0. The number of piperazine rings is 1. The van der Waals surface area contributed by atoms with Gasteiger partial charge in [-0.25, -0.2) is 4.39 Å². The summed E-state index contributed by atoms with van der Waals surface area (Å²) >= 11 is 0. The van der Waals surface area contributed by atoms with Gasteiger partial charge in [-0.05, 0) is 30.2 Å². The SMILES string of the molecule is Cc1cccc(CC(=O)N2CCN(C(=O)Cc3cccc(F)c3)CC2)c1. The van der Waals surface area contributed by atoms with Gasteiger partial charge in [-0.1, -0.05) is 42.0 Å². The van der Waals surface area contributed by atoms with Gasteiger partial charge >= 0.3 is 0 Å². The summed E-state index contributed by atoms with van der Waals surface area (Å²) in [5.74, 6) is -0.268. The fourth-order valence-corrected chi connectivity index (χ4v) is 3.25. The Kier molecular flexibility index (Phi) is 5.66. The fourth-order valence-electron chi connectivity index (χ4n) is 3.25. The van der Waals surface area contributed by atoms with Crippen LogP contribution in [0.15, 0.2) is 48.5 Å². The number of halogens is 1. The molecule has 26 heavy (non-hydrogen) atoms. The molecule has 2 aromatic carbocycles. The van der Waals surface area contributed by atoms with Crippen molar-refractivity contribution in [2.45, 2.75) is 19.8 Å². The first-order valence-corrected chi connectivity index (χ1v) is 8.87. The second-order valence-corrected chi connectivity index (χ2v) is 6.73. The first-order valence-electron chi connectivity index (χ1n) is 8.87. The van der Waals surface area contributed by atoms with E-state index in [2.05, 4.69) is 0 Å². The highest BCUT2D eigenvalue weighted by Crippen LogP contribution is 2.11. The van der Waals surface area contributed by atoms with Gasteiger partial charge in [0.05, 0.1) is 12.8 Å². The van der Waals surface area contributed by atoms with Crippen molar-refractivity contribution in [1.82, 2.24) is 9.80 Å². The summed E-state index contributed by atoms with van der Waals surface area (Å²) in [6.07, 6.45) is 0.577. The predicted molar refractivity (Wildman–Crippen MR) is 98.1 cm³/mol. The summed E-state index contributed by atoms with van der Waals surface area (Å²) in [5, 5.41) is 0. The van der Waals surface area contributed by atoms with Crippen LogP contribution in [0.5, 0.6) is 0 Å². The molecule has 1 saturated heterocycles. The summed E-state index contributed by atoms with van der Waals surface area (Å²) in [6, 6.07) is 14.1. The monoisotopic (exact) mass is 354 g/mol. The van der Waals surface area contributed by atoms with E-state index in [0.717, 1.165) is 11.1 Å². The van der Waals surface area contributed by atoms with Gasteiger partial charge in [0.2, 0.25) is 11.8 Å². The number of carbonyl (C=O) groups is 2. The smallest absolute Gasteiger partial charge is 0.227 e. The van der Waals surface area contributed by atoms with Crippen LogP contribution >= 0.6 is 0 Å². The lowest BCUT2D eigenvalue weighted by Crippen LogP contribution is -2.51. The normalized spacial score (nSPS) is 14.4. The standard InChI is InChI=1S/C21H23FN2O2/c1-16-4-2-5-17(12-16)14-20(25)23-8-10-24(11-9-23)21(26)15-18-6-3-7-19(22)13-18/h2-7,12-13H,8-11,14-15H2,1H3. The fraction of sp³-hybridized carbons (Fsp3) is 0.333. The third kappa shape index (κ3) is 4.69. The summed E-state index contributed by atoms with van der Waals surface area (Å²) in [5.41, 5.74) is 2.83. The number of hydrogen-bond acceptors (Lipinski definition) is 2. The van der Waals surface area contributed by atoms with Crippen molar-refractivity contribution in [1.29, 1.82) is 0 Å². The molecule has 0 bridgehead atoms. The highest BCUT2D eigenvalue weighted by molar-refractivity contribution is 5.81. The third-order valence-corrected chi connectivity index (χ3v) is 4.67. The summed E-state index contributed by atoms with van der Waals surface area (Å²) < 4.78 is 13.2. The molecule has 1 fully saturated rings. The Morgan fingerprint density at radius 3 is 1.85 bits per heavy atom. The molecule has 1 aliphatic heterocycles. The Bertz CT molecular complexity index is 731. The van der Waals surface area contributed by atoms with Crippen molar-refractivity contribution in [2.75, 3.05) is 26.2 Å². The molecule has 136 valence electrons. The second-order valence-electron chi connectivity index (χ2n) is 6.73. The van der Waals surface area contributed by atoms with Gasteiger partial charge in [0, 0.05) is 26.2 Å². The van der Waals surface area contributed by atoms with Crippen LogP contribution < -0.4 is 0 Å². The van der Waals surface area contributed by atoms with Crippen molar-refractivity contribution in [2.24, 2.45) is 0 Å². The average molecular weight is 354 g/mol. The number of aryl methyl sites for hydroxylation is 1. The minimum Gasteiger partial charge on any atom is -0.339 e. The highest BCUT2D eigenvalue weighted by atomic mass is 19.1. The molecule has 0 unspecified atom stereocenters. The van der Waals surface area contributed by atoms with E-state index < -0.39 is 0 Å². The van der Waals surface area contributed by atoms with Gasteiger partial charge in [-0.3, -0.25) is 9.59 Å². The molecule has 0 aliphatic carbocycles. The van der Waals surface area contributed by atoms with Crippen molar-refractivity contribution in [3.05, 3.63) is 71.0 Å². The van der Waals surface area contributed by atoms with Crippen LogP contribution in [0.25, 0.3) is 0 Å². The van der Waals surface area contributed by atoms with Crippen molar-refractivity contribution in [3.63, 3.8) is 0 Å². The molecule has 0 N–H and O–H groups in total. The van der Waals surface area contributed by atoms with Gasteiger partial charge in [-0.15, -0.1) is 0 Å². The Balaban J connectivity index is 1.50. The maximum absolute atomic E-state index is 13.2. The lowest BCUT2D eigenvalue weighted by molar-refractivity contribution is -0.138. The molecule has 0 saturated carbocycles. The van der Waals surface area contributed by atoms with E-state index in [1.807, 2.05) is 36.1 Å². The molecule has 4 nitrogen and oxygen atoms in total. The van der Waals surface area contributed by atoms with Crippen LogP contribution in [0.2, 0.25) is 0 Å². The molecular formula is C21H23FN2O2. The predicted octanol–water partition coefficient (Wildman–Crippen LogP) is 2.59. The molecule has 1 heterocycles. The van der Waals surface area contributed by atoms with Crippen molar-refractivity contribution < 1.29 is 14.0 Å². The number of rotatable bonds is 4. The molecule has 2 amide bonds. The lowest BCUT2D eigenvalue weighted by Gasteiger charge is -2.35. The minimum atomic E-state index is -0.332.